The molecule has 0 heterocycles. The second-order valence-corrected chi connectivity index (χ2v) is 6.10. The first-order valence-electron chi connectivity index (χ1n) is 8.26. The Balaban J connectivity index is 1.71. The Morgan fingerprint density at radius 1 is 1.28 bits per heavy atom. The van der Waals surface area contributed by atoms with Crippen LogP contribution < -0.4 is 5.32 Å². The number of hydrogen-bond donors (Lipinski definition) is 1. The molecule has 1 unspecified atom stereocenters. The van der Waals surface area contributed by atoms with E-state index >= 15 is 0 Å². The molecule has 0 saturated carbocycles. The van der Waals surface area contributed by atoms with Gasteiger partial charge in [0.2, 0.25) is 5.91 Å². The van der Waals surface area contributed by atoms with Crippen molar-refractivity contribution in [1.82, 2.24) is 4.90 Å². The zero-order valence-electron chi connectivity index (χ0n) is 13.9. The molecule has 1 amide bonds. The number of rotatable bonds is 5. The van der Waals surface area contributed by atoms with Gasteiger partial charge in [-0.1, -0.05) is 36.3 Å². The van der Waals surface area contributed by atoms with Gasteiger partial charge in [0.1, 0.15) is 0 Å². The minimum absolute atomic E-state index is 0.130. The Bertz CT molecular complexity index is 860. The van der Waals surface area contributed by atoms with Crippen LogP contribution in [-0.2, 0) is 11.2 Å². The van der Waals surface area contributed by atoms with Gasteiger partial charge in [0.15, 0.2) is 0 Å². The summed E-state index contributed by atoms with van der Waals surface area (Å²) in [5, 5.41) is 11.8. The predicted octanol–water partition coefficient (Wildman–Crippen LogP) is 3.12. The second kappa shape index (κ2) is 7.66. The van der Waals surface area contributed by atoms with E-state index in [0.29, 0.717) is 17.8 Å². The molecule has 3 rings (SSSR count). The zero-order chi connectivity index (χ0) is 17.6. The fourth-order valence-corrected chi connectivity index (χ4v) is 3.36. The molecular weight excluding hydrogens is 310 g/mol. The first-order chi connectivity index (χ1) is 12.2. The number of fused-ring (bicyclic) bond motifs is 1. The highest BCUT2D eigenvalue weighted by Crippen LogP contribution is 2.35. The largest absolute Gasteiger partial charge is 0.325 e. The highest BCUT2D eigenvalue weighted by Gasteiger charge is 2.28. The van der Waals surface area contributed by atoms with Gasteiger partial charge >= 0.3 is 0 Å². The lowest BCUT2D eigenvalue weighted by molar-refractivity contribution is -0.117. The molecule has 0 aromatic heterocycles. The van der Waals surface area contributed by atoms with Crippen LogP contribution in [0, 0.1) is 23.7 Å². The summed E-state index contributed by atoms with van der Waals surface area (Å²) in [7, 11) is 0. The number of hydrogen-bond acceptors (Lipinski definition) is 3. The third-order valence-electron chi connectivity index (χ3n) is 4.46. The fourth-order valence-electron chi connectivity index (χ4n) is 3.36. The monoisotopic (exact) mass is 329 g/mol. The van der Waals surface area contributed by atoms with Crippen molar-refractivity contribution in [2.45, 2.75) is 18.9 Å². The SMILES string of the molecule is C#CCN(CC(=O)Nc1cccc(C#N)c1)C1CCc2ccccc21. The zero-order valence-corrected chi connectivity index (χ0v) is 13.9. The number of nitriles is 1. The summed E-state index contributed by atoms with van der Waals surface area (Å²) in [6, 6.07) is 17.4. The number of carbonyl (C=O) groups excluding carboxylic acids is 1. The number of carbonyl (C=O) groups is 1. The van der Waals surface area contributed by atoms with E-state index in [1.807, 2.05) is 17.0 Å². The van der Waals surface area contributed by atoms with E-state index < -0.39 is 0 Å². The first-order valence-corrected chi connectivity index (χ1v) is 8.26. The third-order valence-corrected chi connectivity index (χ3v) is 4.46. The lowest BCUT2D eigenvalue weighted by atomic mass is 10.1. The summed E-state index contributed by atoms with van der Waals surface area (Å²) in [4.78, 5) is 14.5. The molecule has 0 fully saturated rings. The first kappa shape index (κ1) is 16.8. The number of amides is 1. The molecule has 0 spiro atoms. The van der Waals surface area contributed by atoms with E-state index in [4.69, 9.17) is 11.7 Å². The van der Waals surface area contributed by atoms with E-state index in [2.05, 4.69) is 29.4 Å². The molecule has 1 aliphatic rings. The van der Waals surface area contributed by atoms with Crippen LogP contribution in [0.3, 0.4) is 0 Å². The number of aryl methyl sites for hydroxylation is 1. The van der Waals surface area contributed by atoms with Crippen molar-refractivity contribution in [1.29, 1.82) is 5.26 Å². The molecule has 1 aliphatic carbocycles. The number of nitrogens with zero attached hydrogens (tertiary/aromatic N) is 2. The predicted molar refractivity (Wildman–Crippen MR) is 97.7 cm³/mol. The van der Waals surface area contributed by atoms with Crippen LogP contribution in [0.25, 0.3) is 0 Å². The van der Waals surface area contributed by atoms with Crippen molar-refractivity contribution in [3.63, 3.8) is 0 Å². The normalized spacial score (nSPS) is 15.2. The smallest absolute Gasteiger partial charge is 0.238 e. The molecule has 2 aromatic rings. The molecule has 1 N–H and O–H groups in total. The van der Waals surface area contributed by atoms with Crippen LogP contribution in [-0.4, -0.2) is 23.9 Å². The summed E-state index contributed by atoms with van der Waals surface area (Å²) in [5.41, 5.74) is 3.73. The van der Waals surface area contributed by atoms with Crippen LogP contribution in [0.2, 0.25) is 0 Å². The Kier molecular flexibility index (Phi) is 5.14. The third kappa shape index (κ3) is 3.88. The number of terminal acetylenes is 1. The van der Waals surface area contributed by atoms with Gasteiger partial charge in [-0.2, -0.15) is 5.26 Å². The molecule has 4 nitrogen and oxygen atoms in total. The highest BCUT2D eigenvalue weighted by atomic mass is 16.2. The van der Waals surface area contributed by atoms with E-state index in [9.17, 15) is 4.79 Å². The van der Waals surface area contributed by atoms with Crippen molar-refractivity contribution in [2.24, 2.45) is 0 Å². The molecule has 0 radical (unpaired) electrons. The van der Waals surface area contributed by atoms with Gasteiger partial charge < -0.3 is 5.32 Å². The van der Waals surface area contributed by atoms with E-state index in [-0.39, 0.29) is 18.5 Å². The minimum Gasteiger partial charge on any atom is -0.325 e. The van der Waals surface area contributed by atoms with Gasteiger partial charge in [-0.05, 0) is 42.2 Å². The highest BCUT2D eigenvalue weighted by molar-refractivity contribution is 5.92. The molecule has 0 aliphatic heterocycles. The van der Waals surface area contributed by atoms with E-state index in [1.54, 1.807) is 24.3 Å². The van der Waals surface area contributed by atoms with Crippen LogP contribution >= 0.6 is 0 Å². The molecule has 124 valence electrons. The van der Waals surface area contributed by atoms with Gasteiger partial charge in [-0.15, -0.1) is 6.42 Å². The lowest BCUT2D eigenvalue weighted by Crippen LogP contribution is -2.36. The average Bonchev–Trinajstić information content (AvgIpc) is 3.05. The van der Waals surface area contributed by atoms with Crippen molar-refractivity contribution in [3.8, 4) is 18.4 Å². The van der Waals surface area contributed by atoms with Crippen LogP contribution in [0.4, 0.5) is 5.69 Å². The molecule has 2 aromatic carbocycles. The molecule has 25 heavy (non-hydrogen) atoms. The Morgan fingerprint density at radius 3 is 2.92 bits per heavy atom. The lowest BCUT2D eigenvalue weighted by Gasteiger charge is -2.27. The maximum atomic E-state index is 12.5. The van der Waals surface area contributed by atoms with Crippen molar-refractivity contribution in [3.05, 3.63) is 65.2 Å². The Hall–Kier alpha value is -3.08. The van der Waals surface area contributed by atoms with Crippen molar-refractivity contribution in [2.75, 3.05) is 18.4 Å². The van der Waals surface area contributed by atoms with Gasteiger partial charge in [-0.3, -0.25) is 9.69 Å². The summed E-state index contributed by atoms with van der Waals surface area (Å²) in [6.45, 7) is 0.643. The molecule has 0 saturated heterocycles. The van der Waals surface area contributed by atoms with Gasteiger partial charge in [-0.25, -0.2) is 0 Å². The van der Waals surface area contributed by atoms with Crippen LogP contribution in [0.1, 0.15) is 29.2 Å². The summed E-state index contributed by atoms with van der Waals surface area (Å²) < 4.78 is 0. The Labute approximate surface area is 148 Å². The van der Waals surface area contributed by atoms with Crippen molar-refractivity contribution < 1.29 is 4.79 Å². The number of anilines is 1. The fraction of sp³-hybridized carbons (Fsp3) is 0.238. The number of nitrogens with one attached hydrogen (secondary N) is 1. The topological polar surface area (TPSA) is 56.1 Å². The van der Waals surface area contributed by atoms with Gasteiger partial charge in [0, 0.05) is 11.7 Å². The second-order valence-electron chi connectivity index (χ2n) is 6.10. The van der Waals surface area contributed by atoms with Crippen LogP contribution in [0.15, 0.2) is 48.5 Å². The van der Waals surface area contributed by atoms with E-state index in [0.717, 1.165) is 12.8 Å². The summed E-state index contributed by atoms with van der Waals surface area (Å²) in [6.07, 6.45) is 7.50. The van der Waals surface area contributed by atoms with Gasteiger partial charge in [0.05, 0.1) is 24.7 Å². The van der Waals surface area contributed by atoms with Crippen LogP contribution in [0.5, 0.6) is 0 Å². The quantitative estimate of drug-likeness (QED) is 0.858. The van der Waals surface area contributed by atoms with E-state index in [1.165, 1.54) is 11.1 Å². The molecule has 1 atom stereocenters. The minimum atomic E-state index is -0.130. The molecular formula is C21H19N3O. The molecule has 0 bridgehead atoms. The summed E-state index contributed by atoms with van der Waals surface area (Å²) >= 11 is 0. The number of benzene rings is 2. The Morgan fingerprint density at radius 2 is 2.12 bits per heavy atom. The maximum Gasteiger partial charge on any atom is 0.238 e. The molecule has 4 heteroatoms. The summed E-state index contributed by atoms with van der Waals surface area (Å²) in [5.74, 6) is 2.54. The maximum absolute atomic E-state index is 12.5. The van der Waals surface area contributed by atoms with Crippen molar-refractivity contribution >= 4 is 11.6 Å². The van der Waals surface area contributed by atoms with Gasteiger partial charge in [0.25, 0.3) is 0 Å². The average molecular weight is 329 g/mol. The standard InChI is InChI=1S/C21H19N3O/c1-2-12-24(20-11-10-17-7-3-4-9-19(17)20)15-21(25)23-18-8-5-6-16(13-18)14-22/h1,3-9,13,20H,10-12,15H2,(H,23,25).